The lowest BCUT2D eigenvalue weighted by molar-refractivity contribution is -0.114. The summed E-state index contributed by atoms with van der Waals surface area (Å²) < 4.78 is 1.67. The molecule has 0 radical (unpaired) electrons. The first-order chi connectivity index (χ1) is 15.0. The Hall–Kier alpha value is -4.40. The number of hydrogen-bond donors (Lipinski definition) is 3. The van der Waals surface area contributed by atoms with Crippen LogP contribution in [0.4, 0.5) is 17.2 Å². The highest BCUT2D eigenvalue weighted by Gasteiger charge is 2.19. The van der Waals surface area contributed by atoms with Crippen molar-refractivity contribution in [3.05, 3.63) is 67.5 Å². The van der Waals surface area contributed by atoms with Gasteiger partial charge in [0, 0.05) is 17.8 Å². The van der Waals surface area contributed by atoms with Gasteiger partial charge in [-0.15, -0.1) is 0 Å². The Kier molecular flexibility index (Phi) is 5.23. The second-order valence-corrected chi connectivity index (χ2v) is 6.83. The Balaban J connectivity index is 1.74. The number of benzene rings is 2. The first-order valence-corrected chi connectivity index (χ1v) is 9.54. The Morgan fingerprint density at radius 3 is 2.65 bits per heavy atom. The number of nitrogen functional groups attached to an aromatic ring is 2. The van der Waals surface area contributed by atoms with Crippen molar-refractivity contribution < 1.29 is 9.90 Å². The summed E-state index contributed by atoms with van der Waals surface area (Å²) in [6.45, 7) is 4.28. The number of carbonyl (C=O) groups excluding carboxylic acids is 1. The number of hydrogen-bond acceptors (Lipinski definition) is 7. The van der Waals surface area contributed by atoms with E-state index in [-0.39, 0.29) is 23.2 Å². The van der Waals surface area contributed by atoms with Gasteiger partial charge in [0.25, 0.3) is 0 Å². The molecule has 9 nitrogen and oxygen atoms in total. The minimum atomic E-state index is -0.222. The first-order valence-electron chi connectivity index (χ1n) is 9.54. The number of fused-ring (bicyclic) bond motifs is 1. The van der Waals surface area contributed by atoms with Gasteiger partial charge in [0.1, 0.15) is 23.6 Å². The van der Waals surface area contributed by atoms with Gasteiger partial charge in [-0.05, 0) is 30.3 Å². The van der Waals surface area contributed by atoms with E-state index in [0.717, 1.165) is 5.69 Å². The number of aromatic hydroxyl groups is 1. The highest BCUT2D eigenvalue weighted by Crippen LogP contribution is 2.33. The number of phenols is 1. The summed E-state index contributed by atoms with van der Waals surface area (Å²) in [7, 11) is 0. The largest absolute Gasteiger partial charge is 0.506 e. The van der Waals surface area contributed by atoms with Gasteiger partial charge in [-0.1, -0.05) is 30.8 Å². The molecule has 0 spiro atoms. The average Bonchev–Trinajstić information content (AvgIpc) is 3.16. The van der Waals surface area contributed by atoms with E-state index in [4.69, 9.17) is 11.5 Å². The van der Waals surface area contributed by atoms with E-state index in [1.807, 2.05) is 30.3 Å². The fraction of sp³-hybridized carbons (Fsp3) is 0.0909. The van der Waals surface area contributed by atoms with Gasteiger partial charge < -0.3 is 21.5 Å². The molecule has 2 aromatic heterocycles. The van der Waals surface area contributed by atoms with E-state index >= 15 is 0 Å². The van der Waals surface area contributed by atoms with Gasteiger partial charge in [0.2, 0.25) is 5.91 Å². The van der Waals surface area contributed by atoms with Crippen LogP contribution in [0.5, 0.6) is 5.75 Å². The van der Waals surface area contributed by atoms with Crippen molar-refractivity contribution in [1.29, 1.82) is 0 Å². The van der Waals surface area contributed by atoms with Crippen LogP contribution in [0, 0.1) is 0 Å². The lowest BCUT2D eigenvalue weighted by Crippen LogP contribution is -2.32. The number of para-hydroxylation sites is 1. The van der Waals surface area contributed by atoms with Crippen LogP contribution in [0.1, 0.15) is 0 Å². The quantitative estimate of drug-likeness (QED) is 0.250. The van der Waals surface area contributed by atoms with Crippen molar-refractivity contribution in [3.8, 4) is 17.0 Å². The Morgan fingerprint density at radius 2 is 1.94 bits per heavy atom. The third kappa shape index (κ3) is 3.76. The van der Waals surface area contributed by atoms with Crippen molar-refractivity contribution in [2.24, 2.45) is 0 Å². The lowest BCUT2D eigenvalue weighted by Gasteiger charge is -2.21. The van der Waals surface area contributed by atoms with Gasteiger partial charge in [-0.3, -0.25) is 4.79 Å². The molecule has 4 rings (SSSR count). The number of phenolic OH excluding ortho intramolecular Hbond substituents is 1. The molecule has 0 aliphatic carbocycles. The fourth-order valence-corrected chi connectivity index (χ4v) is 3.36. The summed E-state index contributed by atoms with van der Waals surface area (Å²) >= 11 is 0. The maximum absolute atomic E-state index is 12.4. The summed E-state index contributed by atoms with van der Waals surface area (Å²) in [5.41, 5.74) is 14.5. The smallest absolute Gasteiger partial charge is 0.250 e. The van der Waals surface area contributed by atoms with E-state index in [9.17, 15) is 9.90 Å². The molecular weight excluding hydrogens is 394 g/mol. The summed E-state index contributed by atoms with van der Waals surface area (Å²) in [6.07, 6.45) is 2.64. The van der Waals surface area contributed by atoms with Crippen LogP contribution in [0.15, 0.2) is 67.5 Å². The highest BCUT2D eigenvalue weighted by atomic mass is 16.3. The molecule has 0 unspecified atom stereocenters. The number of carbonyl (C=O) groups is 1. The highest BCUT2D eigenvalue weighted by molar-refractivity contribution is 6.01. The van der Waals surface area contributed by atoms with E-state index in [0.29, 0.717) is 35.4 Å². The van der Waals surface area contributed by atoms with Gasteiger partial charge in [-0.25, -0.2) is 14.6 Å². The second kappa shape index (κ2) is 8.15. The van der Waals surface area contributed by atoms with Crippen LogP contribution in [-0.4, -0.2) is 37.3 Å². The number of aromatic nitrogens is 4. The molecule has 2 heterocycles. The van der Waals surface area contributed by atoms with E-state index in [1.54, 1.807) is 21.7 Å². The number of nitrogens with two attached hydrogens (primary N) is 2. The number of amides is 1. The molecular formula is C22H21N7O2. The van der Waals surface area contributed by atoms with Crippen molar-refractivity contribution in [3.63, 3.8) is 0 Å². The first kappa shape index (κ1) is 19.9. The number of anilines is 3. The maximum atomic E-state index is 12.4. The zero-order valence-electron chi connectivity index (χ0n) is 16.6. The van der Waals surface area contributed by atoms with Crippen LogP contribution in [-0.2, 0) is 11.3 Å². The standard InChI is InChI=1S/C22H21N7O2/c1-2-18(31)28(15-6-4-3-5-7-15)10-11-29-22-19(21(24)25-13-26-22)20(27-29)14-8-9-16(23)17(30)12-14/h2-9,12-13,30H,1,10-11,23H2,(H2,24,25,26). The summed E-state index contributed by atoms with van der Waals surface area (Å²) in [6, 6.07) is 14.2. The van der Waals surface area contributed by atoms with Crippen molar-refractivity contribution >= 4 is 34.1 Å². The third-order valence-electron chi connectivity index (χ3n) is 4.91. The molecule has 0 atom stereocenters. The Morgan fingerprint density at radius 1 is 1.16 bits per heavy atom. The van der Waals surface area contributed by atoms with Crippen molar-refractivity contribution in [1.82, 2.24) is 19.7 Å². The molecule has 1 amide bonds. The Bertz CT molecular complexity index is 1270. The molecule has 0 fully saturated rings. The minimum Gasteiger partial charge on any atom is -0.506 e. The van der Waals surface area contributed by atoms with E-state index in [1.165, 1.54) is 18.5 Å². The molecule has 4 aromatic rings. The Labute approximate surface area is 178 Å². The maximum Gasteiger partial charge on any atom is 0.250 e. The van der Waals surface area contributed by atoms with Crippen molar-refractivity contribution in [2.45, 2.75) is 6.54 Å². The SMILES string of the molecule is C=CC(=O)N(CCn1nc(-c2ccc(N)c(O)c2)c2c(N)ncnc21)c1ccccc1. The molecule has 0 aliphatic heterocycles. The second-order valence-electron chi connectivity index (χ2n) is 6.83. The van der Waals surface area contributed by atoms with Gasteiger partial charge in [0.05, 0.1) is 17.6 Å². The lowest BCUT2D eigenvalue weighted by atomic mass is 10.1. The molecule has 9 heteroatoms. The van der Waals surface area contributed by atoms with E-state index < -0.39 is 0 Å². The summed E-state index contributed by atoms with van der Waals surface area (Å²) in [4.78, 5) is 22.5. The normalized spacial score (nSPS) is 10.8. The molecule has 156 valence electrons. The van der Waals surface area contributed by atoms with Gasteiger partial charge in [-0.2, -0.15) is 5.10 Å². The molecule has 0 bridgehead atoms. The zero-order chi connectivity index (χ0) is 22.0. The van der Waals surface area contributed by atoms with Crippen molar-refractivity contribution in [2.75, 3.05) is 22.9 Å². The van der Waals surface area contributed by atoms with Crippen LogP contribution < -0.4 is 16.4 Å². The fourth-order valence-electron chi connectivity index (χ4n) is 3.36. The number of nitrogens with zero attached hydrogens (tertiary/aromatic N) is 5. The summed E-state index contributed by atoms with van der Waals surface area (Å²) in [5, 5.41) is 15.2. The predicted molar refractivity (Wildman–Crippen MR) is 120 cm³/mol. The summed E-state index contributed by atoms with van der Waals surface area (Å²) in [5.74, 6) is -0.00687. The zero-order valence-corrected chi connectivity index (χ0v) is 16.6. The van der Waals surface area contributed by atoms with Crippen LogP contribution in [0.3, 0.4) is 0 Å². The molecule has 0 saturated carbocycles. The molecule has 5 N–H and O–H groups in total. The van der Waals surface area contributed by atoms with Crippen LogP contribution in [0.2, 0.25) is 0 Å². The third-order valence-corrected chi connectivity index (χ3v) is 4.91. The molecule has 0 saturated heterocycles. The van der Waals surface area contributed by atoms with Crippen LogP contribution in [0.25, 0.3) is 22.3 Å². The molecule has 0 aliphatic rings. The number of rotatable bonds is 6. The predicted octanol–water partition coefficient (Wildman–Crippen LogP) is 2.58. The average molecular weight is 415 g/mol. The molecule has 31 heavy (non-hydrogen) atoms. The minimum absolute atomic E-state index is 0.0533. The van der Waals surface area contributed by atoms with Gasteiger partial charge >= 0.3 is 0 Å². The van der Waals surface area contributed by atoms with E-state index in [2.05, 4.69) is 21.6 Å². The molecule has 2 aromatic carbocycles. The van der Waals surface area contributed by atoms with Gasteiger partial charge in [0.15, 0.2) is 5.65 Å². The topological polar surface area (TPSA) is 136 Å². The monoisotopic (exact) mass is 415 g/mol. The van der Waals surface area contributed by atoms with Crippen LogP contribution >= 0.6 is 0 Å².